The van der Waals surface area contributed by atoms with Crippen LogP contribution < -0.4 is 15.8 Å². The van der Waals surface area contributed by atoms with Gasteiger partial charge in [-0.25, -0.2) is 0 Å². The van der Waals surface area contributed by atoms with Crippen molar-refractivity contribution in [1.82, 2.24) is 5.43 Å². The molecule has 1 aliphatic rings. The zero-order valence-corrected chi connectivity index (χ0v) is 12.0. The molecule has 0 bridgehead atoms. The third-order valence-corrected chi connectivity index (χ3v) is 3.58. The predicted octanol–water partition coefficient (Wildman–Crippen LogP) is 2.18. The maximum Gasteiger partial charge on any atom is 0.243 e. The van der Waals surface area contributed by atoms with Gasteiger partial charge in [-0.15, -0.1) is 0 Å². The van der Waals surface area contributed by atoms with Crippen molar-refractivity contribution in [2.24, 2.45) is 5.92 Å². The molecule has 1 heterocycles. The summed E-state index contributed by atoms with van der Waals surface area (Å²) in [5, 5.41) is 4.59. The average Bonchev–Trinajstić information content (AvgIpc) is 2.90. The number of hydrazine groups is 1. The predicted molar refractivity (Wildman–Crippen MR) is 85.1 cm³/mol. The van der Waals surface area contributed by atoms with Crippen molar-refractivity contribution in [2.75, 3.05) is 16.9 Å². The molecule has 0 radical (unpaired) electrons. The molecule has 0 aliphatic carbocycles. The van der Waals surface area contributed by atoms with Gasteiger partial charge in [0.05, 0.1) is 18.2 Å². The van der Waals surface area contributed by atoms with Gasteiger partial charge in [-0.05, 0) is 24.3 Å². The Kier molecular flexibility index (Phi) is 4.05. The lowest BCUT2D eigenvalue weighted by Crippen LogP contribution is -2.32. The minimum atomic E-state index is -0.344. The van der Waals surface area contributed by atoms with E-state index in [4.69, 9.17) is 0 Å². The van der Waals surface area contributed by atoms with Gasteiger partial charge in [0.2, 0.25) is 11.8 Å². The Hall–Kier alpha value is -2.82. The van der Waals surface area contributed by atoms with Crippen LogP contribution in [0.15, 0.2) is 60.7 Å². The fraction of sp³-hybridized carbons (Fsp3) is 0.176. The molecule has 112 valence electrons. The Bertz CT molecular complexity index is 658. The topological polar surface area (TPSA) is 61.4 Å². The monoisotopic (exact) mass is 295 g/mol. The third-order valence-electron chi connectivity index (χ3n) is 3.58. The van der Waals surface area contributed by atoms with Crippen molar-refractivity contribution < 1.29 is 9.59 Å². The summed E-state index contributed by atoms with van der Waals surface area (Å²) < 4.78 is 0. The average molecular weight is 295 g/mol. The van der Waals surface area contributed by atoms with Crippen LogP contribution in [-0.2, 0) is 9.59 Å². The number of amides is 2. The van der Waals surface area contributed by atoms with Crippen molar-refractivity contribution in [2.45, 2.75) is 6.42 Å². The number of hydrogen-bond acceptors (Lipinski definition) is 3. The lowest BCUT2D eigenvalue weighted by molar-refractivity contribution is -0.126. The summed E-state index contributed by atoms with van der Waals surface area (Å²) in [4.78, 5) is 24.1. The Labute approximate surface area is 128 Å². The van der Waals surface area contributed by atoms with E-state index in [9.17, 15) is 9.59 Å². The molecule has 2 aromatic carbocycles. The Morgan fingerprint density at radius 2 is 1.73 bits per heavy atom. The maximum atomic E-state index is 12.0. The number of carbonyl (C=O) groups excluding carboxylic acids is 2. The molecule has 0 aromatic heterocycles. The van der Waals surface area contributed by atoms with Crippen molar-refractivity contribution in [3.63, 3.8) is 0 Å². The molecule has 0 saturated carbocycles. The Balaban J connectivity index is 1.59. The van der Waals surface area contributed by atoms with Crippen LogP contribution in [0.2, 0.25) is 0 Å². The molecule has 2 aromatic rings. The van der Waals surface area contributed by atoms with Crippen LogP contribution in [0.25, 0.3) is 0 Å². The van der Waals surface area contributed by atoms with Gasteiger partial charge in [-0.1, -0.05) is 36.4 Å². The summed E-state index contributed by atoms with van der Waals surface area (Å²) >= 11 is 0. The molecule has 2 amide bonds. The van der Waals surface area contributed by atoms with Gasteiger partial charge in [0.25, 0.3) is 0 Å². The van der Waals surface area contributed by atoms with Crippen LogP contribution in [0.5, 0.6) is 0 Å². The Morgan fingerprint density at radius 3 is 2.41 bits per heavy atom. The highest BCUT2D eigenvalue weighted by atomic mass is 16.2. The van der Waals surface area contributed by atoms with E-state index in [-0.39, 0.29) is 24.2 Å². The second-order valence-electron chi connectivity index (χ2n) is 5.24. The molecule has 1 atom stereocenters. The first-order valence-electron chi connectivity index (χ1n) is 7.20. The number of rotatable bonds is 4. The van der Waals surface area contributed by atoms with Crippen molar-refractivity contribution in [1.29, 1.82) is 0 Å². The van der Waals surface area contributed by atoms with Crippen LogP contribution in [0, 0.1) is 5.92 Å². The molecule has 1 fully saturated rings. The molecule has 5 heteroatoms. The van der Waals surface area contributed by atoms with Crippen molar-refractivity contribution >= 4 is 23.2 Å². The molecule has 5 nitrogen and oxygen atoms in total. The second kappa shape index (κ2) is 6.30. The fourth-order valence-electron chi connectivity index (χ4n) is 2.47. The number of nitrogens with one attached hydrogen (secondary N) is 2. The summed E-state index contributed by atoms with van der Waals surface area (Å²) in [5.41, 5.74) is 4.46. The number of hydrogen-bond donors (Lipinski definition) is 2. The van der Waals surface area contributed by atoms with E-state index >= 15 is 0 Å². The first kappa shape index (κ1) is 14.1. The lowest BCUT2D eigenvalue weighted by atomic mass is 10.1. The number of anilines is 2. The maximum absolute atomic E-state index is 12.0. The van der Waals surface area contributed by atoms with Crippen molar-refractivity contribution in [3.8, 4) is 0 Å². The number of para-hydroxylation sites is 2. The normalized spacial score (nSPS) is 17.2. The van der Waals surface area contributed by atoms with Crippen LogP contribution in [-0.4, -0.2) is 18.4 Å². The van der Waals surface area contributed by atoms with Gasteiger partial charge in [0, 0.05) is 12.1 Å². The summed E-state index contributed by atoms with van der Waals surface area (Å²) in [7, 11) is 0. The van der Waals surface area contributed by atoms with Gasteiger partial charge in [-0.2, -0.15) is 0 Å². The zero-order valence-electron chi connectivity index (χ0n) is 12.0. The molecule has 2 N–H and O–H groups in total. The highest BCUT2D eigenvalue weighted by Gasteiger charge is 2.32. The molecule has 3 rings (SSSR count). The molecule has 1 aliphatic heterocycles. The highest BCUT2D eigenvalue weighted by Crippen LogP contribution is 2.20. The van der Waals surface area contributed by atoms with E-state index in [1.165, 1.54) is 0 Å². The summed E-state index contributed by atoms with van der Waals surface area (Å²) in [5.74, 6) is -0.614. The highest BCUT2D eigenvalue weighted by molar-refractivity contribution is 5.95. The summed E-state index contributed by atoms with van der Waals surface area (Å²) in [6.07, 6.45) is 0.171. The zero-order chi connectivity index (χ0) is 15.4. The first-order chi connectivity index (χ1) is 10.7. The number of carbonyl (C=O) groups is 2. The van der Waals surface area contributed by atoms with Crippen LogP contribution in [0.4, 0.5) is 11.4 Å². The molecule has 1 unspecified atom stereocenters. The number of nitrogens with zero attached hydrogens (tertiary/aromatic N) is 1. The second-order valence-corrected chi connectivity index (χ2v) is 5.24. The van der Waals surface area contributed by atoms with Gasteiger partial charge in [0.15, 0.2) is 0 Å². The molecular weight excluding hydrogens is 278 g/mol. The van der Waals surface area contributed by atoms with Crippen LogP contribution in [0.3, 0.4) is 0 Å². The van der Waals surface area contributed by atoms with E-state index < -0.39 is 0 Å². The largest absolute Gasteiger partial charge is 0.326 e. The fourth-order valence-corrected chi connectivity index (χ4v) is 2.47. The summed E-state index contributed by atoms with van der Waals surface area (Å²) in [6, 6.07) is 18.8. The molecule has 22 heavy (non-hydrogen) atoms. The summed E-state index contributed by atoms with van der Waals surface area (Å²) in [6.45, 7) is 0.491. The SMILES string of the molecule is O=C(CC1CN(c2ccccc2)NC1=O)Nc1ccccc1. The van der Waals surface area contributed by atoms with E-state index in [0.29, 0.717) is 6.54 Å². The van der Waals surface area contributed by atoms with Crippen LogP contribution >= 0.6 is 0 Å². The van der Waals surface area contributed by atoms with Gasteiger partial charge < -0.3 is 5.32 Å². The quantitative estimate of drug-likeness (QED) is 0.909. The van der Waals surface area contributed by atoms with Gasteiger partial charge in [-0.3, -0.25) is 20.0 Å². The smallest absolute Gasteiger partial charge is 0.243 e. The minimum Gasteiger partial charge on any atom is -0.326 e. The third kappa shape index (κ3) is 3.25. The molecule has 1 saturated heterocycles. The minimum absolute atomic E-state index is 0.118. The van der Waals surface area contributed by atoms with E-state index in [0.717, 1.165) is 11.4 Å². The van der Waals surface area contributed by atoms with E-state index in [2.05, 4.69) is 10.7 Å². The van der Waals surface area contributed by atoms with E-state index in [1.54, 1.807) is 5.01 Å². The first-order valence-corrected chi connectivity index (χ1v) is 7.20. The van der Waals surface area contributed by atoms with Crippen molar-refractivity contribution in [3.05, 3.63) is 60.7 Å². The standard InChI is InChI=1S/C17H17N3O2/c21-16(18-14-7-3-1-4-8-14)11-13-12-20(19-17(13)22)15-9-5-2-6-10-15/h1-10,13H,11-12H2,(H,18,21)(H,19,22). The molecular formula is C17H17N3O2. The van der Waals surface area contributed by atoms with E-state index in [1.807, 2.05) is 60.7 Å². The Morgan fingerprint density at radius 1 is 1.09 bits per heavy atom. The molecule has 0 spiro atoms. The van der Waals surface area contributed by atoms with Gasteiger partial charge in [0.1, 0.15) is 0 Å². The van der Waals surface area contributed by atoms with Gasteiger partial charge >= 0.3 is 0 Å². The lowest BCUT2D eigenvalue weighted by Gasteiger charge is -2.17. The number of benzene rings is 2. The van der Waals surface area contributed by atoms with Crippen LogP contribution in [0.1, 0.15) is 6.42 Å².